The summed E-state index contributed by atoms with van der Waals surface area (Å²) in [7, 11) is 0. The van der Waals surface area contributed by atoms with E-state index >= 15 is 0 Å². The molecule has 34 heavy (non-hydrogen) atoms. The standard InChI is InChI=1S/C26H30N4O4/c1-17-3-8-22-21(9-12-28-23(22)15-17)18(2)34-20-6-4-19(5-7-20)25(32)29-26(16-24(31)30-33)10-13-27-14-11-26/h3-9,12,15,18,27,33H,10-11,13-14,16H2,1-2H3,(H,29,32)(H,30,31). The van der Waals surface area contributed by atoms with Crippen LogP contribution in [-0.4, -0.2) is 40.6 Å². The Kier molecular flexibility index (Phi) is 7.09. The van der Waals surface area contributed by atoms with E-state index in [0.29, 0.717) is 37.2 Å². The van der Waals surface area contributed by atoms with E-state index in [2.05, 4.69) is 33.8 Å². The molecule has 0 radical (unpaired) electrons. The second-order valence-electron chi connectivity index (χ2n) is 8.90. The molecule has 178 valence electrons. The first-order chi connectivity index (χ1) is 16.4. The van der Waals surface area contributed by atoms with Crippen molar-refractivity contribution in [3.63, 3.8) is 0 Å². The fraction of sp³-hybridized carbons (Fsp3) is 0.346. The van der Waals surface area contributed by atoms with Gasteiger partial charge in [0.25, 0.3) is 5.91 Å². The smallest absolute Gasteiger partial charge is 0.251 e. The number of ether oxygens (including phenoxy) is 1. The van der Waals surface area contributed by atoms with Gasteiger partial charge in [-0.05, 0) is 81.7 Å². The van der Waals surface area contributed by atoms with Crippen LogP contribution in [0, 0.1) is 6.92 Å². The van der Waals surface area contributed by atoms with Crippen molar-refractivity contribution in [3.8, 4) is 5.75 Å². The van der Waals surface area contributed by atoms with Crippen molar-refractivity contribution in [2.45, 2.75) is 44.8 Å². The molecule has 3 aromatic rings. The lowest BCUT2D eigenvalue weighted by molar-refractivity contribution is -0.130. The number of nitrogens with zero attached hydrogens (tertiary/aromatic N) is 1. The van der Waals surface area contributed by atoms with E-state index in [0.717, 1.165) is 22.0 Å². The number of aryl methyl sites for hydroxylation is 1. The molecular formula is C26H30N4O4. The number of carbonyl (C=O) groups is 2. The van der Waals surface area contributed by atoms with Crippen molar-refractivity contribution in [2.24, 2.45) is 0 Å². The predicted octanol–water partition coefficient (Wildman–Crippen LogP) is 3.43. The lowest BCUT2D eigenvalue weighted by atomic mass is 9.84. The minimum Gasteiger partial charge on any atom is -0.486 e. The molecule has 1 aliphatic rings. The summed E-state index contributed by atoms with van der Waals surface area (Å²) in [6.45, 7) is 5.40. The molecule has 1 unspecified atom stereocenters. The van der Waals surface area contributed by atoms with Gasteiger partial charge in [0.05, 0.1) is 17.5 Å². The summed E-state index contributed by atoms with van der Waals surface area (Å²) in [6, 6.07) is 15.1. The van der Waals surface area contributed by atoms with E-state index in [-0.39, 0.29) is 18.4 Å². The zero-order valence-corrected chi connectivity index (χ0v) is 19.4. The molecule has 1 aliphatic heterocycles. The maximum absolute atomic E-state index is 12.9. The molecule has 8 heteroatoms. The number of amides is 2. The Labute approximate surface area is 198 Å². The fourth-order valence-corrected chi connectivity index (χ4v) is 4.50. The molecule has 1 fully saturated rings. The first kappa shape index (κ1) is 23.7. The van der Waals surface area contributed by atoms with Crippen molar-refractivity contribution in [1.29, 1.82) is 0 Å². The summed E-state index contributed by atoms with van der Waals surface area (Å²) in [5.74, 6) is -0.126. The summed E-state index contributed by atoms with van der Waals surface area (Å²) < 4.78 is 6.16. The highest BCUT2D eigenvalue weighted by atomic mass is 16.5. The van der Waals surface area contributed by atoms with Crippen LogP contribution in [0.1, 0.15) is 53.8 Å². The Balaban J connectivity index is 1.45. The molecule has 1 saturated heterocycles. The Morgan fingerprint density at radius 3 is 2.59 bits per heavy atom. The van der Waals surface area contributed by atoms with E-state index in [1.807, 2.05) is 19.9 Å². The molecule has 0 saturated carbocycles. The maximum Gasteiger partial charge on any atom is 0.251 e. The van der Waals surface area contributed by atoms with Crippen LogP contribution in [0.3, 0.4) is 0 Å². The van der Waals surface area contributed by atoms with Gasteiger partial charge >= 0.3 is 0 Å². The van der Waals surface area contributed by atoms with Gasteiger partial charge in [-0.3, -0.25) is 19.8 Å². The second-order valence-corrected chi connectivity index (χ2v) is 8.90. The van der Waals surface area contributed by atoms with Crippen molar-refractivity contribution in [3.05, 3.63) is 71.4 Å². The predicted molar refractivity (Wildman–Crippen MR) is 129 cm³/mol. The first-order valence-electron chi connectivity index (χ1n) is 11.5. The van der Waals surface area contributed by atoms with E-state index in [9.17, 15) is 9.59 Å². The average molecular weight is 463 g/mol. The highest BCUT2D eigenvalue weighted by Gasteiger charge is 2.36. The third kappa shape index (κ3) is 5.35. The largest absolute Gasteiger partial charge is 0.486 e. The molecule has 2 amide bonds. The van der Waals surface area contributed by atoms with Gasteiger partial charge in [-0.2, -0.15) is 0 Å². The lowest BCUT2D eigenvalue weighted by Crippen LogP contribution is -2.56. The number of rotatable bonds is 7. The SMILES string of the molecule is Cc1ccc2c(C(C)Oc3ccc(C(=O)NC4(CC(=O)NO)CCNCC4)cc3)ccnc2c1. The number of piperidine rings is 1. The molecule has 4 N–H and O–H groups in total. The van der Waals surface area contributed by atoms with Crippen LogP contribution in [0.4, 0.5) is 0 Å². The van der Waals surface area contributed by atoms with Gasteiger partial charge in [0.2, 0.25) is 5.91 Å². The molecule has 2 aromatic carbocycles. The first-order valence-corrected chi connectivity index (χ1v) is 11.5. The van der Waals surface area contributed by atoms with Crippen LogP contribution >= 0.6 is 0 Å². The van der Waals surface area contributed by atoms with E-state index < -0.39 is 11.4 Å². The molecule has 2 heterocycles. The van der Waals surface area contributed by atoms with Crippen LogP contribution < -0.4 is 20.9 Å². The van der Waals surface area contributed by atoms with E-state index in [1.165, 1.54) is 0 Å². The average Bonchev–Trinajstić information content (AvgIpc) is 2.84. The quantitative estimate of drug-likeness (QED) is 0.316. The topological polar surface area (TPSA) is 113 Å². The number of carbonyl (C=O) groups excluding carboxylic acids is 2. The Morgan fingerprint density at radius 2 is 1.88 bits per heavy atom. The summed E-state index contributed by atoms with van der Waals surface area (Å²) in [4.78, 5) is 29.2. The van der Waals surface area contributed by atoms with Crippen LogP contribution in [0.25, 0.3) is 10.9 Å². The van der Waals surface area contributed by atoms with Gasteiger partial charge in [-0.1, -0.05) is 12.1 Å². The zero-order chi connectivity index (χ0) is 24.1. The highest BCUT2D eigenvalue weighted by Crippen LogP contribution is 2.28. The van der Waals surface area contributed by atoms with Crippen LogP contribution in [0.5, 0.6) is 5.75 Å². The van der Waals surface area contributed by atoms with Crippen molar-refractivity contribution >= 4 is 22.7 Å². The molecular weight excluding hydrogens is 432 g/mol. The lowest BCUT2D eigenvalue weighted by Gasteiger charge is -2.37. The number of hydrogen-bond donors (Lipinski definition) is 4. The molecule has 1 atom stereocenters. The van der Waals surface area contributed by atoms with Gasteiger partial charge in [-0.25, -0.2) is 5.48 Å². The monoisotopic (exact) mass is 462 g/mol. The van der Waals surface area contributed by atoms with Crippen molar-refractivity contribution in [1.82, 2.24) is 21.1 Å². The summed E-state index contributed by atoms with van der Waals surface area (Å²) >= 11 is 0. The highest BCUT2D eigenvalue weighted by molar-refractivity contribution is 5.95. The van der Waals surface area contributed by atoms with Crippen LogP contribution in [-0.2, 0) is 4.79 Å². The molecule has 1 aromatic heterocycles. The maximum atomic E-state index is 12.9. The Hall–Kier alpha value is -3.49. The normalized spacial score (nSPS) is 16.0. The minimum absolute atomic E-state index is 0.0229. The third-order valence-corrected chi connectivity index (χ3v) is 6.36. The zero-order valence-electron chi connectivity index (χ0n) is 19.4. The van der Waals surface area contributed by atoms with Gasteiger partial charge in [0.15, 0.2) is 0 Å². The second kappa shape index (κ2) is 10.2. The number of nitrogens with one attached hydrogen (secondary N) is 3. The number of fused-ring (bicyclic) bond motifs is 1. The fourth-order valence-electron chi connectivity index (χ4n) is 4.50. The van der Waals surface area contributed by atoms with Crippen LogP contribution in [0.15, 0.2) is 54.7 Å². The number of hydroxylamine groups is 1. The van der Waals surface area contributed by atoms with Crippen LogP contribution in [0.2, 0.25) is 0 Å². The molecule has 0 spiro atoms. The van der Waals surface area contributed by atoms with Gasteiger partial charge in [0.1, 0.15) is 11.9 Å². The number of benzene rings is 2. The molecule has 0 bridgehead atoms. The molecule has 8 nitrogen and oxygen atoms in total. The molecule has 0 aliphatic carbocycles. The summed E-state index contributed by atoms with van der Waals surface area (Å²) in [5, 5.41) is 16.2. The minimum atomic E-state index is -0.695. The van der Waals surface area contributed by atoms with E-state index in [4.69, 9.17) is 9.94 Å². The third-order valence-electron chi connectivity index (χ3n) is 6.36. The van der Waals surface area contributed by atoms with Gasteiger partial charge in [0, 0.05) is 22.7 Å². The number of pyridine rings is 1. The van der Waals surface area contributed by atoms with Crippen molar-refractivity contribution in [2.75, 3.05) is 13.1 Å². The molecule has 4 rings (SSSR count). The number of hydrogen-bond acceptors (Lipinski definition) is 6. The summed E-state index contributed by atoms with van der Waals surface area (Å²) in [6.07, 6.45) is 2.81. The number of aromatic nitrogens is 1. The Bertz CT molecular complexity index is 1170. The van der Waals surface area contributed by atoms with Gasteiger partial charge < -0.3 is 15.4 Å². The Morgan fingerprint density at radius 1 is 1.15 bits per heavy atom. The van der Waals surface area contributed by atoms with E-state index in [1.54, 1.807) is 35.9 Å². The van der Waals surface area contributed by atoms with Gasteiger partial charge in [-0.15, -0.1) is 0 Å². The summed E-state index contributed by atoms with van der Waals surface area (Å²) in [5.41, 5.74) is 4.59. The van der Waals surface area contributed by atoms with Crippen molar-refractivity contribution < 1.29 is 19.5 Å².